The third-order valence-corrected chi connectivity index (χ3v) is 4.96. The molecule has 1 N–H and O–H groups in total. The molecule has 1 heterocycles. The number of rotatable bonds is 5. The van der Waals surface area contributed by atoms with Crippen molar-refractivity contribution in [1.29, 1.82) is 0 Å². The molecule has 0 bridgehead atoms. The zero-order valence-electron chi connectivity index (χ0n) is 13.5. The molecule has 0 radical (unpaired) electrons. The fourth-order valence-corrected chi connectivity index (χ4v) is 3.55. The molecule has 0 unspecified atom stereocenters. The highest BCUT2D eigenvalue weighted by atomic mass is 32.2. The number of benzene rings is 2. The monoisotopic (exact) mass is 361 g/mol. The summed E-state index contributed by atoms with van der Waals surface area (Å²) in [6.45, 7) is -0.116. The van der Waals surface area contributed by atoms with Crippen molar-refractivity contribution in [3.8, 4) is 5.75 Å². The van der Waals surface area contributed by atoms with Crippen LogP contribution in [0.5, 0.6) is 5.75 Å². The number of thioether (sulfide) groups is 1. The molecule has 7 heteroatoms. The van der Waals surface area contributed by atoms with E-state index in [9.17, 15) is 14.0 Å². The van der Waals surface area contributed by atoms with Gasteiger partial charge in [0, 0.05) is 10.5 Å². The van der Waals surface area contributed by atoms with Crippen LogP contribution in [0.1, 0.15) is 12.0 Å². The molecule has 5 nitrogen and oxygen atoms in total. The van der Waals surface area contributed by atoms with Gasteiger partial charge < -0.3 is 14.8 Å². The number of carbonyl (C=O) groups is 2. The van der Waals surface area contributed by atoms with E-state index in [-0.39, 0.29) is 18.9 Å². The van der Waals surface area contributed by atoms with Crippen molar-refractivity contribution < 1.29 is 23.5 Å². The number of anilines is 1. The van der Waals surface area contributed by atoms with E-state index in [4.69, 9.17) is 9.47 Å². The van der Waals surface area contributed by atoms with Crippen molar-refractivity contribution in [2.24, 2.45) is 0 Å². The Morgan fingerprint density at radius 3 is 2.88 bits per heavy atom. The summed E-state index contributed by atoms with van der Waals surface area (Å²) >= 11 is 1.33. The second kappa shape index (κ2) is 7.57. The Kier molecular flexibility index (Phi) is 5.23. The van der Waals surface area contributed by atoms with Gasteiger partial charge in [0.05, 0.1) is 24.5 Å². The zero-order chi connectivity index (χ0) is 17.8. The first-order chi connectivity index (χ1) is 12.1. The summed E-state index contributed by atoms with van der Waals surface area (Å²) in [6.07, 6.45) is -0.0670. The van der Waals surface area contributed by atoms with Gasteiger partial charge in [0.1, 0.15) is 18.2 Å². The highest BCUT2D eigenvalue weighted by Gasteiger charge is 2.29. The minimum absolute atomic E-state index is 0.0670. The van der Waals surface area contributed by atoms with Crippen LogP contribution in [-0.4, -0.2) is 24.2 Å². The quantitative estimate of drug-likeness (QED) is 0.827. The second-order valence-corrected chi connectivity index (χ2v) is 6.66. The Balaban J connectivity index is 1.60. The smallest absolute Gasteiger partial charge is 0.307 e. The fraction of sp³-hybridized carbons (Fsp3) is 0.222. The third-order valence-electron chi connectivity index (χ3n) is 3.69. The predicted octanol–water partition coefficient (Wildman–Crippen LogP) is 3.38. The van der Waals surface area contributed by atoms with E-state index in [1.165, 1.54) is 37.1 Å². The summed E-state index contributed by atoms with van der Waals surface area (Å²) in [6, 6.07) is 11.4. The first-order valence-corrected chi connectivity index (χ1v) is 8.49. The number of fused-ring (bicyclic) bond motifs is 1. The first kappa shape index (κ1) is 17.3. The van der Waals surface area contributed by atoms with Crippen molar-refractivity contribution in [2.75, 3.05) is 12.4 Å². The van der Waals surface area contributed by atoms with Crippen LogP contribution in [0.2, 0.25) is 0 Å². The van der Waals surface area contributed by atoms with E-state index >= 15 is 0 Å². The summed E-state index contributed by atoms with van der Waals surface area (Å²) < 4.78 is 23.6. The molecule has 2 aromatic carbocycles. The second-order valence-electron chi connectivity index (χ2n) is 5.41. The maximum atomic E-state index is 13.3. The molecule has 2 aromatic rings. The minimum Gasteiger partial charge on any atom is -0.496 e. The van der Waals surface area contributed by atoms with Crippen LogP contribution in [0, 0.1) is 5.82 Å². The Labute approximate surface area is 148 Å². The lowest BCUT2D eigenvalue weighted by atomic mass is 10.2. The van der Waals surface area contributed by atoms with E-state index < -0.39 is 17.0 Å². The number of methoxy groups -OCH3 is 1. The van der Waals surface area contributed by atoms with E-state index in [0.717, 1.165) is 10.6 Å². The first-order valence-electron chi connectivity index (χ1n) is 7.61. The number of halogens is 1. The Morgan fingerprint density at radius 2 is 2.08 bits per heavy atom. The Morgan fingerprint density at radius 1 is 1.28 bits per heavy atom. The topological polar surface area (TPSA) is 64.6 Å². The number of amides is 1. The lowest BCUT2D eigenvalue weighted by Crippen LogP contribution is -2.31. The number of hydrogen-bond acceptors (Lipinski definition) is 5. The summed E-state index contributed by atoms with van der Waals surface area (Å²) in [7, 11) is 1.46. The molecule has 0 aromatic heterocycles. The van der Waals surface area contributed by atoms with Gasteiger partial charge in [0.25, 0.3) is 0 Å². The molecule has 3 rings (SSSR count). The Hall–Kier alpha value is -2.54. The van der Waals surface area contributed by atoms with Crippen molar-refractivity contribution >= 4 is 29.3 Å². The minimum atomic E-state index is -0.559. The highest BCUT2D eigenvalue weighted by molar-refractivity contribution is 8.01. The molecule has 0 aliphatic carbocycles. The lowest BCUT2D eigenvalue weighted by molar-refractivity contribution is -0.145. The van der Waals surface area contributed by atoms with Gasteiger partial charge in [-0.3, -0.25) is 9.59 Å². The molecule has 0 spiro atoms. The molecule has 0 fully saturated rings. The van der Waals surface area contributed by atoms with E-state index in [1.54, 1.807) is 0 Å². The van der Waals surface area contributed by atoms with E-state index in [1.807, 2.05) is 24.3 Å². The Bertz CT molecular complexity index is 811. The summed E-state index contributed by atoms with van der Waals surface area (Å²) in [5, 5.41) is 2.22. The van der Waals surface area contributed by atoms with Gasteiger partial charge >= 0.3 is 5.97 Å². The molecule has 0 saturated heterocycles. The van der Waals surface area contributed by atoms with Gasteiger partial charge in [0.15, 0.2) is 0 Å². The number of hydrogen-bond donors (Lipinski definition) is 1. The maximum absolute atomic E-state index is 13.3. The number of ether oxygens (including phenoxy) is 2. The van der Waals surface area contributed by atoms with Crippen molar-refractivity contribution in [3.05, 3.63) is 53.8 Å². The van der Waals surface area contributed by atoms with Crippen LogP contribution in [0.25, 0.3) is 0 Å². The van der Waals surface area contributed by atoms with Gasteiger partial charge in [-0.05, 0) is 30.3 Å². The van der Waals surface area contributed by atoms with E-state index in [0.29, 0.717) is 11.3 Å². The summed E-state index contributed by atoms with van der Waals surface area (Å²) in [5.74, 6) is -0.763. The fourth-order valence-electron chi connectivity index (χ4n) is 2.46. The van der Waals surface area contributed by atoms with Crippen LogP contribution in [0.3, 0.4) is 0 Å². The highest BCUT2D eigenvalue weighted by Crippen LogP contribution is 2.36. The standard InChI is InChI=1S/C18H16FNO4S/c1-23-14-7-6-12(19)8-11(14)10-24-17(21)9-16-18(22)20-13-4-2-3-5-15(13)25-16/h2-8,16H,9-10H2,1H3,(H,20,22)/t16-/m0/s1. The number of esters is 1. The number of para-hydroxylation sites is 1. The molecule has 130 valence electrons. The predicted molar refractivity (Wildman–Crippen MR) is 92.1 cm³/mol. The van der Waals surface area contributed by atoms with Gasteiger partial charge in [-0.25, -0.2) is 4.39 Å². The normalized spacial score (nSPS) is 15.9. The molecule has 1 aliphatic rings. The van der Waals surface area contributed by atoms with Gasteiger partial charge in [-0.15, -0.1) is 11.8 Å². The average Bonchev–Trinajstić information content (AvgIpc) is 2.60. The van der Waals surface area contributed by atoms with Gasteiger partial charge in [-0.1, -0.05) is 12.1 Å². The SMILES string of the molecule is COc1ccc(F)cc1COC(=O)C[C@@H]1Sc2ccccc2NC1=O. The van der Waals surface area contributed by atoms with Gasteiger partial charge in [-0.2, -0.15) is 0 Å². The van der Waals surface area contributed by atoms with Crippen LogP contribution >= 0.6 is 11.8 Å². The molecule has 1 atom stereocenters. The molecular weight excluding hydrogens is 345 g/mol. The van der Waals surface area contributed by atoms with E-state index in [2.05, 4.69) is 5.32 Å². The molecule has 0 saturated carbocycles. The molecular formula is C18H16FNO4S. The average molecular weight is 361 g/mol. The number of nitrogens with one attached hydrogen (secondary N) is 1. The lowest BCUT2D eigenvalue weighted by Gasteiger charge is -2.23. The van der Waals surface area contributed by atoms with Crippen LogP contribution < -0.4 is 10.1 Å². The van der Waals surface area contributed by atoms with Crippen LogP contribution in [-0.2, 0) is 20.9 Å². The zero-order valence-corrected chi connectivity index (χ0v) is 14.3. The van der Waals surface area contributed by atoms with Crippen molar-refractivity contribution in [1.82, 2.24) is 0 Å². The van der Waals surface area contributed by atoms with Crippen LogP contribution in [0.15, 0.2) is 47.4 Å². The molecule has 1 aliphatic heterocycles. The van der Waals surface area contributed by atoms with Crippen molar-refractivity contribution in [3.63, 3.8) is 0 Å². The molecule has 1 amide bonds. The number of carbonyl (C=O) groups excluding carboxylic acids is 2. The van der Waals surface area contributed by atoms with Crippen molar-refractivity contribution in [2.45, 2.75) is 23.2 Å². The van der Waals surface area contributed by atoms with Gasteiger partial charge in [0.2, 0.25) is 5.91 Å². The third kappa shape index (κ3) is 4.11. The molecule has 25 heavy (non-hydrogen) atoms. The summed E-state index contributed by atoms with van der Waals surface area (Å²) in [5.41, 5.74) is 1.17. The largest absolute Gasteiger partial charge is 0.496 e. The summed E-state index contributed by atoms with van der Waals surface area (Å²) in [4.78, 5) is 25.1. The maximum Gasteiger partial charge on any atom is 0.307 e. The van der Waals surface area contributed by atoms with Crippen LogP contribution in [0.4, 0.5) is 10.1 Å².